The topological polar surface area (TPSA) is 0 Å². The van der Waals surface area contributed by atoms with Crippen LogP contribution in [0, 0.1) is 33.1 Å². The zero-order valence-corrected chi connectivity index (χ0v) is 35.6. The van der Waals surface area contributed by atoms with Gasteiger partial charge in [-0.3, -0.25) is 0 Å². The van der Waals surface area contributed by atoms with Crippen LogP contribution in [-0.2, 0) is 20.0 Å². The number of hydrogen-bond donors (Lipinski definition) is 0. The van der Waals surface area contributed by atoms with Gasteiger partial charge in [0.25, 0.3) is 0 Å². The zero-order valence-electron chi connectivity index (χ0n) is 32.0. The number of fused-ring (bicyclic) bond motifs is 8. The molecule has 2 atom stereocenters. The third-order valence-electron chi connectivity index (χ3n) is 14.0. The molecule has 6 aromatic carbocycles. The van der Waals surface area contributed by atoms with Gasteiger partial charge in [-0.1, -0.05) is 0 Å². The summed E-state index contributed by atoms with van der Waals surface area (Å²) in [5.74, 6) is 0. The zero-order chi connectivity index (χ0) is 36.2. The summed E-state index contributed by atoms with van der Waals surface area (Å²) in [4.78, 5) is 0. The maximum absolute atomic E-state index is 3.18. The second-order valence-electron chi connectivity index (χ2n) is 17.0. The fourth-order valence-electron chi connectivity index (χ4n) is 11.5. The molecule has 53 heavy (non-hydrogen) atoms. The van der Waals surface area contributed by atoms with E-state index in [9.17, 15) is 0 Å². The van der Waals surface area contributed by atoms with Crippen LogP contribution in [-0.4, -0.2) is 0 Å². The summed E-state index contributed by atoms with van der Waals surface area (Å²) in [6, 6.07) is 46.1. The first-order valence-electron chi connectivity index (χ1n) is 19.7. The van der Waals surface area contributed by atoms with Crippen molar-refractivity contribution in [3.05, 3.63) is 177 Å². The van der Waals surface area contributed by atoms with E-state index in [1.54, 1.807) is 22.3 Å². The van der Waals surface area contributed by atoms with E-state index in [-0.39, 0.29) is 5.41 Å². The minimum absolute atomic E-state index is 0.187. The van der Waals surface area contributed by atoms with Gasteiger partial charge in [0.05, 0.1) is 0 Å². The summed E-state index contributed by atoms with van der Waals surface area (Å²) in [5, 5.41) is 0. The van der Waals surface area contributed by atoms with Gasteiger partial charge in [-0.15, -0.1) is 0 Å². The molecule has 1 spiro atoms. The van der Waals surface area contributed by atoms with Crippen LogP contribution < -0.4 is 0 Å². The van der Waals surface area contributed by atoms with Crippen molar-refractivity contribution >= 4 is 12.2 Å². The number of aryl methyl sites for hydroxylation is 2. The molecule has 0 radical (unpaired) electrons. The van der Waals surface area contributed by atoms with Crippen molar-refractivity contribution in [2.24, 2.45) is 5.41 Å². The molecule has 1 heterocycles. The van der Waals surface area contributed by atoms with Gasteiger partial charge in [0, 0.05) is 0 Å². The molecule has 6 aromatic rings. The van der Waals surface area contributed by atoms with E-state index in [4.69, 9.17) is 0 Å². The van der Waals surface area contributed by atoms with Crippen molar-refractivity contribution in [3.8, 4) is 44.5 Å². The first-order valence-corrected chi connectivity index (χ1v) is 31.1. The average molecular weight is 851 g/mol. The fraction of sp³-hybridized carbons (Fsp3) is 0.231. The molecule has 2 fully saturated rings. The summed E-state index contributed by atoms with van der Waals surface area (Å²) < 4.78 is 6.82. The summed E-state index contributed by atoms with van der Waals surface area (Å²) >= 11 is -3.18. The second kappa shape index (κ2) is 12.1. The van der Waals surface area contributed by atoms with Crippen molar-refractivity contribution < 1.29 is 20.0 Å². The van der Waals surface area contributed by atoms with Crippen LogP contribution in [0.3, 0.4) is 0 Å². The number of benzene rings is 6. The Morgan fingerprint density at radius 3 is 1.30 bits per heavy atom. The molecule has 3 aliphatic carbocycles. The molecular formula is C52H48Hf. The Hall–Kier alpha value is -4.33. The van der Waals surface area contributed by atoms with Gasteiger partial charge in [-0.2, -0.15) is 0 Å². The van der Waals surface area contributed by atoms with E-state index in [1.807, 2.05) is 0 Å². The second-order valence-corrected chi connectivity index (χ2v) is 34.3. The average Bonchev–Trinajstić information content (AvgIpc) is 3.74. The van der Waals surface area contributed by atoms with Gasteiger partial charge in [0.2, 0.25) is 0 Å². The standard InChI is InChI=1S/C50H42.2CH3.Hf/c1-32-22-24-42(34(3)48(32)36-14-7-5-8-15-36)44-20-11-18-38-28-40(30-46(38)44)50(26-13-27-50)41-29-39-19-12-21-45(47(39)31-41)43-25-23-33(2)49(35(43)4)37-16-9-6-10-17-37;;;/h5-12,14-25,28-31H,13,26-27H2,1-4H3;2*1H3;. The molecule has 0 aromatic heterocycles. The minimum atomic E-state index is -3.18. The summed E-state index contributed by atoms with van der Waals surface area (Å²) in [7, 11) is 0. The van der Waals surface area contributed by atoms with E-state index in [1.165, 1.54) is 97.2 Å². The molecule has 2 unspecified atom stereocenters. The number of rotatable bonds is 4. The normalized spacial score (nSPS) is 19.8. The Labute approximate surface area is 320 Å². The summed E-state index contributed by atoms with van der Waals surface area (Å²) in [6.07, 6.45) is 9.37. The van der Waals surface area contributed by atoms with Crippen molar-refractivity contribution in [1.29, 1.82) is 0 Å². The van der Waals surface area contributed by atoms with Gasteiger partial charge in [-0.05, 0) is 0 Å². The Kier molecular flexibility index (Phi) is 7.59. The van der Waals surface area contributed by atoms with Crippen molar-refractivity contribution in [2.75, 3.05) is 0 Å². The molecule has 1 heteroatoms. The molecule has 0 amide bonds. The predicted molar refractivity (Wildman–Crippen MR) is 223 cm³/mol. The number of allylic oxidation sites excluding steroid dienone is 2. The van der Waals surface area contributed by atoms with Gasteiger partial charge in [0.1, 0.15) is 0 Å². The molecule has 4 aliphatic rings. The molecule has 0 nitrogen and oxygen atoms in total. The molecular weight excluding hydrogens is 803 g/mol. The molecule has 1 aliphatic heterocycles. The van der Waals surface area contributed by atoms with E-state index in [2.05, 4.69) is 171 Å². The molecule has 0 N–H and O–H groups in total. The maximum atomic E-state index is 2.80. The van der Waals surface area contributed by atoms with Gasteiger partial charge in [-0.25, -0.2) is 0 Å². The van der Waals surface area contributed by atoms with E-state index < -0.39 is 20.0 Å². The van der Waals surface area contributed by atoms with Crippen LogP contribution in [0.2, 0.25) is 9.36 Å². The Bertz CT molecular complexity index is 2370. The molecule has 10 rings (SSSR count). The third kappa shape index (κ3) is 4.69. The molecule has 260 valence electrons. The van der Waals surface area contributed by atoms with E-state index in [0.29, 0.717) is 7.35 Å². The van der Waals surface area contributed by atoms with Crippen molar-refractivity contribution in [3.63, 3.8) is 0 Å². The van der Waals surface area contributed by atoms with E-state index in [0.717, 1.165) is 0 Å². The van der Waals surface area contributed by atoms with Crippen molar-refractivity contribution in [1.82, 2.24) is 0 Å². The van der Waals surface area contributed by atoms with Crippen LogP contribution in [0.5, 0.6) is 0 Å². The van der Waals surface area contributed by atoms with E-state index >= 15 is 0 Å². The Balaban J connectivity index is 1.13. The predicted octanol–water partition coefficient (Wildman–Crippen LogP) is 14.6. The summed E-state index contributed by atoms with van der Waals surface area (Å²) in [6.45, 7) is 9.22. The van der Waals surface area contributed by atoms with Crippen LogP contribution >= 0.6 is 0 Å². The first-order chi connectivity index (χ1) is 25.7. The molecule has 1 saturated heterocycles. The first kappa shape index (κ1) is 33.3. The summed E-state index contributed by atoms with van der Waals surface area (Å²) in [5.41, 5.74) is 26.5. The van der Waals surface area contributed by atoms with Crippen LogP contribution in [0.15, 0.2) is 132 Å². The van der Waals surface area contributed by atoms with Gasteiger partial charge in [0.15, 0.2) is 0 Å². The monoisotopic (exact) mass is 852 g/mol. The molecule has 0 bridgehead atoms. The number of hydrogen-bond acceptors (Lipinski definition) is 0. The van der Waals surface area contributed by atoms with Crippen LogP contribution in [0.4, 0.5) is 0 Å². The van der Waals surface area contributed by atoms with Gasteiger partial charge < -0.3 is 0 Å². The Morgan fingerprint density at radius 1 is 0.472 bits per heavy atom. The fourth-order valence-corrected chi connectivity index (χ4v) is 28.6. The van der Waals surface area contributed by atoms with Crippen LogP contribution in [0.1, 0.15) is 71.1 Å². The van der Waals surface area contributed by atoms with Crippen molar-refractivity contribution in [2.45, 2.75) is 63.7 Å². The molecule has 1 saturated carbocycles. The van der Waals surface area contributed by atoms with Gasteiger partial charge >= 0.3 is 323 Å². The quantitative estimate of drug-likeness (QED) is 0.155. The SMILES string of the molecule is Cc1ccc(-c2cccc3c2C=C2[CH]3[Hf]([CH3])([CH3])[CH]3C(=Cc4c(-c5ccc(C)c(-c6ccccc6)c5C)cccc43)C23CCC3)c(C)c1-c1ccccc1. The van der Waals surface area contributed by atoms with Crippen LogP contribution in [0.25, 0.3) is 56.7 Å². The Morgan fingerprint density at radius 2 is 0.906 bits per heavy atom. The third-order valence-corrected chi connectivity index (χ3v) is 29.1.